The van der Waals surface area contributed by atoms with Gasteiger partial charge in [0.15, 0.2) is 5.65 Å². The lowest BCUT2D eigenvalue weighted by atomic mass is 9.97. The molecule has 2 aromatic heterocycles. The van der Waals surface area contributed by atoms with Crippen molar-refractivity contribution in [2.75, 3.05) is 0 Å². The summed E-state index contributed by atoms with van der Waals surface area (Å²) in [6.45, 7) is 0. The standard InChI is InChI=1S/C10H10ClN3/c11-8-1-2-9-7(5-8)6-14-10(13-9)3-4-12-14/h3-4,6,8H,1-2,5H2. The Hall–Kier alpha value is -1.09. The monoisotopic (exact) mass is 207 g/mol. The van der Waals surface area contributed by atoms with Crippen LogP contribution in [0.25, 0.3) is 5.65 Å². The van der Waals surface area contributed by atoms with Crippen LogP contribution in [0, 0.1) is 0 Å². The molecule has 0 N–H and O–H groups in total. The third-order valence-corrected chi connectivity index (χ3v) is 3.06. The van der Waals surface area contributed by atoms with Crippen LogP contribution < -0.4 is 0 Å². The van der Waals surface area contributed by atoms with Gasteiger partial charge >= 0.3 is 0 Å². The Kier molecular flexibility index (Phi) is 1.74. The lowest BCUT2D eigenvalue weighted by Gasteiger charge is -2.18. The van der Waals surface area contributed by atoms with Crippen molar-refractivity contribution in [3.05, 3.63) is 29.7 Å². The summed E-state index contributed by atoms with van der Waals surface area (Å²) in [6.07, 6.45) is 6.76. The molecule has 0 aliphatic heterocycles. The molecule has 0 saturated heterocycles. The minimum atomic E-state index is 0.261. The SMILES string of the molecule is ClC1CCc2nc3ccnn3cc2C1. The minimum Gasteiger partial charge on any atom is -0.233 e. The highest BCUT2D eigenvalue weighted by Crippen LogP contribution is 2.23. The summed E-state index contributed by atoms with van der Waals surface area (Å²) in [7, 11) is 0. The Balaban J connectivity index is 2.19. The molecule has 1 aliphatic carbocycles. The third kappa shape index (κ3) is 1.20. The summed E-state index contributed by atoms with van der Waals surface area (Å²) in [5, 5.41) is 4.42. The number of aromatic nitrogens is 3. The van der Waals surface area contributed by atoms with Crippen LogP contribution >= 0.6 is 11.6 Å². The molecular weight excluding hydrogens is 198 g/mol. The highest BCUT2D eigenvalue weighted by molar-refractivity contribution is 6.20. The first kappa shape index (κ1) is 8.24. The topological polar surface area (TPSA) is 30.2 Å². The van der Waals surface area contributed by atoms with Crippen LogP contribution in [0.15, 0.2) is 18.5 Å². The fourth-order valence-corrected chi connectivity index (χ4v) is 2.22. The van der Waals surface area contributed by atoms with E-state index in [2.05, 4.69) is 10.1 Å². The van der Waals surface area contributed by atoms with Crippen molar-refractivity contribution in [1.29, 1.82) is 0 Å². The molecule has 0 aromatic carbocycles. The molecule has 2 aromatic rings. The molecule has 72 valence electrons. The molecule has 0 bridgehead atoms. The maximum Gasteiger partial charge on any atom is 0.155 e. The molecule has 0 fully saturated rings. The zero-order chi connectivity index (χ0) is 9.54. The lowest BCUT2D eigenvalue weighted by molar-refractivity contribution is 0.667. The van der Waals surface area contributed by atoms with Crippen LogP contribution in [0.5, 0.6) is 0 Å². The number of halogens is 1. The number of hydrogen-bond acceptors (Lipinski definition) is 2. The predicted octanol–water partition coefficient (Wildman–Crippen LogP) is 1.83. The fourth-order valence-electron chi connectivity index (χ4n) is 1.95. The lowest BCUT2D eigenvalue weighted by Crippen LogP contribution is -2.16. The number of alkyl halides is 1. The molecule has 3 rings (SSSR count). The molecule has 1 atom stereocenters. The van der Waals surface area contributed by atoms with Crippen molar-refractivity contribution in [3.63, 3.8) is 0 Å². The third-order valence-electron chi connectivity index (χ3n) is 2.68. The average molecular weight is 208 g/mol. The molecule has 1 unspecified atom stereocenters. The number of aryl methyl sites for hydroxylation is 1. The minimum absolute atomic E-state index is 0.261. The Labute approximate surface area is 86.7 Å². The zero-order valence-electron chi connectivity index (χ0n) is 7.65. The van der Waals surface area contributed by atoms with Gasteiger partial charge in [-0.3, -0.25) is 0 Å². The summed E-state index contributed by atoms with van der Waals surface area (Å²) in [5.41, 5.74) is 3.36. The van der Waals surface area contributed by atoms with Gasteiger partial charge < -0.3 is 0 Å². The zero-order valence-corrected chi connectivity index (χ0v) is 8.41. The second-order valence-electron chi connectivity index (χ2n) is 3.69. The van der Waals surface area contributed by atoms with Gasteiger partial charge in [-0.2, -0.15) is 5.10 Å². The van der Waals surface area contributed by atoms with E-state index in [1.807, 2.05) is 16.8 Å². The molecule has 1 aliphatic rings. The van der Waals surface area contributed by atoms with E-state index < -0.39 is 0 Å². The first-order chi connectivity index (χ1) is 6.83. The highest BCUT2D eigenvalue weighted by atomic mass is 35.5. The molecule has 0 amide bonds. The molecule has 2 heterocycles. The Morgan fingerprint density at radius 3 is 3.36 bits per heavy atom. The maximum atomic E-state index is 6.11. The summed E-state index contributed by atoms with van der Waals surface area (Å²) >= 11 is 6.11. The summed E-state index contributed by atoms with van der Waals surface area (Å²) in [5.74, 6) is 0. The number of hydrogen-bond donors (Lipinski definition) is 0. The van der Waals surface area contributed by atoms with Gasteiger partial charge in [-0.15, -0.1) is 11.6 Å². The van der Waals surface area contributed by atoms with E-state index in [1.165, 1.54) is 11.3 Å². The molecule has 0 radical (unpaired) electrons. The molecule has 0 saturated carbocycles. The Morgan fingerprint density at radius 2 is 2.43 bits per heavy atom. The van der Waals surface area contributed by atoms with E-state index in [4.69, 9.17) is 11.6 Å². The second-order valence-corrected chi connectivity index (χ2v) is 4.30. The Morgan fingerprint density at radius 1 is 1.50 bits per heavy atom. The van der Waals surface area contributed by atoms with Gasteiger partial charge in [-0.1, -0.05) is 0 Å². The van der Waals surface area contributed by atoms with E-state index in [0.717, 1.165) is 24.9 Å². The fraction of sp³-hybridized carbons (Fsp3) is 0.400. The maximum absolute atomic E-state index is 6.11. The summed E-state index contributed by atoms with van der Waals surface area (Å²) in [6, 6.07) is 1.92. The van der Waals surface area contributed by atoms with Gasteiger partial charge in [0, 0.05) is 23.3 Å². The molecule has 3 nitrogen and oxygen atoms in total. The van der Waals surface area contributed by atoms with Crippen molar-refractivity contribution in [3.8, 4) is 0 Å². The van der Waals surface area contributed by atoms with Crippen LogP contribution in [-0.4, -0.2) is 20.0 Å². The Bertz CT molecular complexity index is 477. The van der Waals surface area contributed by atoms with Crippen LogP contribution in [0.3, 0.4) is 0 Å². The normalized spacial score (nSPS) is 21.1. The van der Waals surface area contributed by atoms with Crippen LogP contribution in [0.2, 0.25) is 0 Å². The largest absolute Gasteiger partial charge is 0.233 e. The predicted molar refractivity (Wildman–Crippen MR) is 54.7 cm³/mol. The van der Waals surface area contributed by atoms with E-state index in [-0.39, 0.29) is 5.38 Å². The van der Waals surface area contributed by atoms with E-state index in [9.17, 15) is 0 Å². The molecule has 14 heavy (non-hydrogen) atoms. The molecular formula is C10H10ClN3. The van der Waals surface area contributed by atoms with Gasteiger partial charge in [0.05, 0.1) is 6.20 Å². The van der Waals surface area contributed by atoms with Crippen LogP contribution in [-0.2, 0) is 12.8 Å². The summed E-state index contributed by atoms with van der Waals surface area (Å²) < 4.78 is 1.81. The van der Waals surface area contributed by atoms with Crippen molar-refractivity contribution >= 4 is 17.2 Å². The van der Waals surface area contributed by atoms with Crippen molar-refractivity contribution in [2.45, 2.75) is 24.6 Å². The number of rotatable bonds is 0. The van der Waals surface area contributed by atoms with E-state index in [0.29, 0.717) is 0 Å². The van der Waals surface area contributed by atoms with Gasteiger partial charge in [-0.25, -0.2) is 9.50 Å². The highest BCUT2D eigenvalue weighted by Gasteiger charge is 2.18. The first-order valence-electron chi connectivity index (χ1n) is 4.79. The number of nitrogens with zero attached hydrogens (tertiary/aromatic N) is 3. The van der Waals surface area contributed by atoms with Gasteiger partial charge in [-0.05, 0) is 24.8 Å². The first-order valence-corrected chi connectivity index (χ1v) is 5.23. The molecule has 0 spiro atoms. The average Bonchev–Trinajstić information content (AvgIpc) is 2.61. The van der Waals surface area contributed by atoms with Gasteiger partial charge in [0.1, 0.15) is 0 Å². The van der Waals surface area contributed by atoms with Crippen LogP contribution in [0.1, 0.15) is 17.7 Å². The molecule has 4 heteroatoms. The smallest absolute Gasteiger partial charge is 0.155 e. The summed E-state index contributed by atoms with van der Waals surface area (Å²) in [4.78, 5) is 4.55. The van der Waals surface area contributed by atoms with E-state index >= 15 is 0 Å². The van der Waals surface area contributed by atoms with Gasteiger partial charge in [0.2, 0.25) is 0 Å². The van der Waals surface area contributed by atoms with E-state index in [1.54, 1.807) is 6.20 Å². The van der Waals surface area contributed by atoms with Gasteiger partial charge in [0.25, 0.3) is 0 Å². The number of fused-ring (bicyclic) bond motifs is 2. The quantitative estimate of drug-likeness (QED) is 0.617. The second kappa shape index (κ2) is 2.95. The van der Waals surface area contributed by atoms with Crippen molar-refractivity contribution in [1.82, 2.24) is 14.6 Å². The van der Waals surface area contributed by atoms with Crippen molar-refractivity contribution < 1.29 is 0 Å². The van der Waals surface area contributed by atoms with Crippen LogP contribution in [0.4, 0.5) is 0 Å². The van der Waals surface area contributed by atoms with Crippen molar-refractivity contribution in [2.24, 2.45) is 0 Å².